The summed E-state index contributed by atoms with van der Waals surface area (Å²) in [7, 11) is 0. The first-order chi connectivity index (χ1) is 10.1. The highest BCUT2D eigenvalue weighted by atomic mass is 16.6. The zero-order valence-corrected chi connectivity index (χ0v) is 12.2. The Balaban J connectivity index is 2.10. The molecule has 0 aliphatic rings. The van der Waals surface area contributed by atoms with Crippen molar-refractivity contribution < 1.29 is 9.34 Å². The van der Waals surface area contributed by atoms with E-state index in [0.29, 0.717) is 12.4 Å². The zero-order valence-electron chi connectivity index (χ0n) is 12.2. The highest BCUT2D eigenvalue weighted by Crippen LogP contribution is 2.23. The first kappa shape index (κ1) is 15.2. The minimum atomic E-state index is -0.371. The molecule has 0 radical (unpaired) electrons. The Hall–Kier alpha value is -2.21. The third kappa shape index (κ3) is 4.13. The van der Waals surface area contributed by atoms with Crippen molar-refractivity contribution in [1.29, 1.82) is 0 Å². The number of nitro groups is 1. The molecule has 112 valence electrons. The van der Waals surface area contributed by atoms with Crippen LogP contribution in [0.4, 0.5) is 5.69 Å². The van der Waals surface area contributed by atoms with Crippen molar-refractivity contribution in [2.24, 2.45) is 0 Å². The molecule has 0 saturated carbocycles. The third-order valence-electron chi connectivity index (χ3n) is 3.23. The molecule has 0 bridgehead atoms. The first-order valence-electron chi connectivity index (χ1n) is 6.99. The van der Waals surface area contributed by atoms with Crippen LogP contribution in [0.2, 0.25) is 0 Å². The van der Waals surface area contributed by atoms with Gasteiger partial charge in [0.15, 0.2) is 0 Å². The van der Waals surface area contributed by atoms with Crippen molar-refractivity contribution in [3.05, 3.63) is 57.8 Å². The number of aromatic nitrogens is 1. The molecule has 0 aliphatic heterocycles. The molecule has 0 saturated heterocycles. The molecule has 6 nitrogen and oxygen atoms in total. The van der Waals surface area contributed by atoms with Crippen LogP contribution >= 0.6 is 0 Å². The van der Waals surface area contributed by atoms with Gasteiger partial charge in [-0.15, -0.1) is 0 Å². The van der Waals surface area contributed by atoms with Gasteiger partial charge in [0.1, 0.15) is 5.76 Å². The number of nitro benzene ring substituents is 1. The highest BCUT2D eigenvalue weighted by molar-refractivity contribution is 5.35. The van der Waals surface area contributed by atoms with Crippen LogP contribution < -0.4 is 5.32 Å². The fourth-order valence-corrected chi connectivity index (χ4v) is 2.22. The monoisotopic (exact) mass is 289 g/mol. The fraction of sp³-hybridized carbons (Fsp3) is 0.400. The Morgan fingerprint density at radius 1 is 1.48 bits per heavy atom. The van der Waals surface area contributed by atoms with Gasteiger partial charge in [-0.25, -0.2) is 4.98 Å². The molecular weight excluding hydrogens is 270 g/mol. The summed E-state index contributed by atoms with van der Waals surface area (Å²) >= 11 is 0. The maximum Gasteiger partial charge on any atom is 0.269 e. The number of oxazole rings is 1. The molecule has 0 fully saturated rings. The summed E-state index contributed by atoms with van der Waals surface area (Å²) in [6.07, 6.45) is 3.55. The second-order valence-corrected chi connectivity index (χ2v) is 4.94. The lowest BCUT2D eigenvalue weighted by molar-refractivity contribution is -0.384. The van der Waals surface area contributed by atoms with E-state index in [4.69, 9.17) is 4.42 Å². The molecular formula is C15H19N3O3. The molecule has 2 aromatic rings. The molecule has 2 rings (SSSR count). The predicted molar refractivity (Wildman–Crippen MR) is 78.8 cm³/mol. The number of non-ortho nitro benzene ring substituents is 1. The summed E-state index contributed by atoms with van der Waals surface area (Å²) in [5.41, 5.74) is 1.02. The van der Waals surface area contributed by atoms with Crippen molar-refractivity contribution in [2.75, 3.05) is 0 Å². The second-order valence-electron chi connectivity index (χ2n) is 4.94. The summed E-state index contributed by atoms with van der Waals surface area (Å²) < 4.78 is 5.43. The van der Waals surface area contributed by atoms with Gasteiger partial charge in [0.25, 0.3) is 5.69 Å². The van der Waals surface area contributed by atoms with Crippen molar-refractivity contribution in [2.45, 2.75) is 39.3 Å². The van der Waals surface area contributed by atoms with Gasteiger partial charge in [-0.2, -0.15) is 0 Å². The molecule has 1 atom stereocenters. The average Bonchev–Trinajstić information content (AvgIpc) is 2.89. The Kier molecular flexibility index (Phi) is 5.05. The minimum Gasteiger partial charge on any atom is -0.445 e. The minimum absolute atomic E-state index is 0.0436. The molecule has 1 aromatic heterocycles. The molecule has 6 heteroatoms. The molecule has 21 heavy (non-hydrogen) atoms. The Bertz CT molecular complexity index is 610. The molecule has 0 amide bonds. The molecule has 1 heterocycles. The Labute approximate surface area is 123 Å². The third-order valence-corrected chi connectivity index (χ3v) is 3.23. The molecule has 0 spiro atoms. The van der Waals surface area contributed by atoms with E-state index in [-0.39, 0.29) is 16.7 Å². The van der Waals surface area contributed by atoms with Crippen LogP contribution in [0.1, 0.15) is 43.0 Å². The van der Waals surface area contributed by atoms with Crippen LogP contribution in [0.25, 0.3) is 0 Å². The normalized spacial score (nSPS) is 12.3. The number of nitrogens with zero attached hydrogens (tertiary/aromatic N) is 2. The molecule has 0 aliphatic carbocycles. The zero-order chi connectivity index (χ0) is 15.2. The van der Waals surface area contributed by atoms with Gasteiger partial charge in [0.05, 0.1) is 17.7 Å². The van der Waals surface area contributed by atoms with E-state index in [1.807, 2.05) is 13.0 Å². The Morgan fingerprint density at radius 2 is 2.29 bits per heavy atom. The van der Waals surface area contributed by atoms with Gasteiger partial charge >= 0.3 is 0 Å². The van der Waals surface area contributed by atoms with Crippen LogP contribution in [-0.2, 0) is 6.54 Å². The van der Waals surface area contributed by atoms with Crippen molar-refractivity contribution in [3.63, 3.8) is 0 Å². The highest BCUT2D eigenvalue weighted by Gasteiger charge is 2.15. The molecule has 1 unspecified atom stereocenters. The maximum absolute atomic E-state index is 10.9. The number of benzene rings is 1. The first-order valence-corrected chi connectivity index (χ1v) is 6.99. The van der Waals surface area contributed by atoms with Gasteiger partial charge in [0.2, 0.25) is 5.89 Å². The van der Waals surface area contributed by atoms with Gasteiger partial charge in [-0.1, -0.05) is 25.5 Å². The van der Waals surface area contributed by atoms with Crippen molar-refractivity contribution in [3.8, 4) is 0 Å². The lowest BCUT2D eigenvalue weighted by atomic mass is 10.0. The smallest absolute Gasteiger partial charge is 0.269 e. The van der Waals surface area contributed by atoms with Crippen LogP contribution in [0.3, 0.4) is 0 Å². The molecule has 1 aromatic carbocycles. The van der Waals surface area contributed by atoms with E-state index in [1.165, 1.54) is 6.07 Å². The SMILES string of the molecule is CCCC(NCc1ncc(C)o1)c1cccc([N+](=O)[O-])c1. The number of nitrogens with one attached hydrogen (secondary N) is 1. The summed E-state index contributed by atoms with van der Waals surface area (Å²) in [5.74, 6) is 1.40. The summed E-state index contributed by atoms with van der Waals surface area (Å²) in [6, 6.07) is 6.79. The van der Waals surface area contributed by atoms with Crippen LogP contribution in [0.15, 0.2) is 34.9 Å². The van der Waals surface area contributed by atoms with E-state index in [9.17, 15) is 10.1 Å². The quantitative estimate of drug-likeness (QED) is 0.623. The van der Waals surface area contributed by atoms with Gasteiger partial charge < -0.3 is 9.73 Å². The fourth-order valence-electron chi connectivity index (χ4n) is 2.22. The van der Waals surface area contributed by atoms with E-state index in [0.717, 1.165) is 24.2 Å². The average molecular weight is 289 g/mol. The van der Waals surface area contributed by atoms with Gasteiger partial charge in [0, 0.05) is 18.2 Å². The Morgan fingerprint density at radius 3 is 2.90 bits per heavy atom. The number of rotatable bonds is 7. The maximum atomic E-state index is 10.9. The summed E-state index contributed by atoms with van der Waals surface area (Å²) in [6.45, 7) is 4.43. The topological polar surface area (TPSA) is 81.2 Å². The number of hydrogen-bond acceptors (Lipinski definition) is 5. The number of hydrogen-bond donors (Lipinski definition) is 1. The van der Waals surface area contributed by atoms with Crippen molar-refractivity contribution in [1.82, 2.24) is 10.3 Å². The molecule has 1 N–H and O–H groups in total. The van der Waals surface area contributed by atoms with Gasteiger partial charge in [-0.3, -0.25) is 10.1 Å². The summed E-state index contributed by atoms with van der Waals surface area (Å²) in [4.78, 5) is 14.7. The standard InChI is InChI=1S/C15H19N3O3/c1-3-5-14(16-10-15-17-9-11(2)21-15)12-6-4-7-13(8-12)18(19)20/h4,6-9,14,16H,3,5,10H2,1-2H3. The van der Waals surface area contributed by atoms with Crippen molar-refractivity contribution >= 4 is 5.69 Å². The second kappa shape index (κ2) is 6.99. The van der Waals surface area contributed by atoms with E-state index in [1.54, 1.807) is 18.3 Å². The van der Waals surface area contributed by atoms with Gasteiger partial charge in [-0.05, 0) is 18.9 Å². The number of aryl methyl sites for hydroxylation is 1. The van der Waals surface area contributed by atoms with E-state index in [2.05, 4.69) is 17.2 Å². The predicted octanol–water partition coefficient (Wildman–Crippen LogP) is 3.52. The van der Waals surface area contributed by atoms with E-state index >= 15 is 0 Å². The van der Waals surface area contributed by atoms with Crippen LogP contribution in [-0.4, -0.2) is 9.91 Å². The van der Waals surface area contributed by atoms with Crippen LogP contribution in [0.5, 0.6) is 0 Å². The van der Waals surface area contributed by atoms with Crippen LogP contribution in [0, 0.1) is 17.0 Å². The van der Waals surface area contributed by atoms with E-state index < -0.39 is 0 Å². The summed E-state index contributed by atoms with van der Waals surface area (Å²) in [5, 5.41) is 14.2. The lowest BCUT2D eigenvalue weighted by Crippen LogP contribution is -2.21. The lowest BCUT2D eigenvalue weighted by Gasteiger charge is -2.17. The largest absolute Gasteiger partial charge is 0.445 e.